The van der Waals surface area contributed by atoms with E-state index >= 15 is 0 Å². The van der Waals surface area contributed by atoms with Crippen molar-refractivity contribution in [2.24, 2.45) is 5.92 Å². The number of ether oxygens (including phenoxy) is 4. The summed E-state index contributed by atoms with van der Waals surface area (Å²) < 4.78 is 21.5. The number of carbonyl (C=O) groups excluding carboxylic acids is 5. The molecule has 1 aliphatic rings. The summed E-state index contributed by atoms with van der Waals surface area (Å²) in [6, 6.07) is 6.95. The zero-order valence-corrected chi connectivity index (χ0v) is 31.6. The van der Waals surface area contributed by atoms with Crippen LogP contribution in [0.1, 0.15) is 68.8 Å². The monoisotopic (exact) mass is 769 g/mol. The molecule has 1 aliphatic heterocycles. The average Bonchev–Trinajstić information content (AvgIpc) is 3.16. The third-order valence-corrected chi connectivity index (χ3v) is 8.56. The van der Waals surface area contributed by atoms with E-state index in [9.17, 15) is 33.9 Å². The molecule has 5 amide bonds. The highest BCUT2D eigenvalue weighted by atomic mass is 16.6. The van der Waals surface area contributed by atoms with Gasteiger partial charge in [-0.25, -0.2) is 9.59 Å². The second-order valence-corrected chi connectivity index (χ2v) is 13.1. The fraction of sp³-hybridized carbons (Fsp3) is 0.474. The van der Waals surface area contributed by atoms with Crippen molar-refractivity contribution in [1.29, 1.82) is 0 Å². The van der Waals surface area contributed by atoms with E-state index in [1.54, 1.807) is 43.0 Å². The smallest absolute Gasteiger partial charge is 0.411 e. The lowest BCUT2D eigenvalue weighted by Crippen LogP contribution is -2.53. The van der Waals surface area contributed by atoms with Gasteiger partial charge in [-0.1, -0.05) is 38.6 Å². The number of aliphatic hydroxyl groups excluding tert-OH is 1. The van der Waals surface area contributed by atoms with Crippen molar-refractivity contribution in [2.75, 3.05) is 44.1 Å². The fourth-order valence-corrected chi connectivity index (χ4v) is 5.57. The zero-order valence-electron chi connectivity index (χ0n) is 31.6. The van der Waals surface area contributed by atoms with Crippen molar-refractivity contribution in [3.8, 4) is 11.5 Å². The second kappa shape index (κ2) is 21.8. The lowest BCUT2D eigenvalue weighted by molar-refractivity contribution is -0.137. The van der Waals surface area contributed by atoms with Crippen molar-refractivity contribution >= 4 is 47.3 Å². The van der Waals surface area contributed by atoms with Gasteiger partial charge in [-0.3, -0.25) is 24.5 Å². The molecule has 0 unspecified atom stereocenters. The molecule has 1 heterocycles. The first-order valence-electron chi connectivity index (χ1n) is 17.9. The Morgan fingerprint density at radius 3 is 2.31 bits per heavy atom. The number of methoxy groups -OCH3 is 1. The maximum absolute atomic E-state index is 13.8. The van der Waals surface area contributed by atoms with Crippen LogP contribution in [0.3, 0.4) is 0 Å². The van der Waals surface area contributed by atoms with Crippen LogP contribution < -0.4 is 30.7 Å². The highest BCUT2D eigenvalue weighted by Gasteiger charge is 2.31. The summed E-state index contributed by atoms with van der Waals surface area (Å²) >= 11 is 0. The number of carboxylic acid groups (broad SMARTS) is 1. The number of alkyl carbamates (subject to hydrolysis) is 1. The maximum Gasteiger partial charge on any atom is 0.411 e. The molecule has 17 heteroatoms. The summed E-state index contributed by atoms with van der Waals surface area (Å²) in [6.07, 6.45) is 2.04. The van der Waals surface area contributed by atoms with Crippen LogP contribution in [0.5, 0.6) is 11.5 Å². The van der Waals surface area contributed by atoms with Gasteiger partial charge in [-0.2, -0.15) is 0 Å². The third kappa shape index (κ3) is 13.5. The summed E-state index contributed by atoms with van der Waals surface area (Å²) in [7, 11) is 1.39. The van der Waals surface area contributed by atoms with Crippen LogP contribution in [0.4, 0.5) is 21.0 Å². The summed E-state index contributed by atoms with van der Waals surface area (Å²) in [4.78, 5) is 77.0. The first-order valence-corrected chi connectivity index (χ1v) is 17.9. The van der Waals surface area contributed by atoms with E-state index in [2.05, 4.69) is 27.8 Å². The lowest BCUT2D eigenvalue weighted by atomic mass is 10.0. The van der Waals surface area contributed by atoms with Gasteiger partial charge in [0.25, 0.3) is 5.91 Å². The summed E-state index contributed by atoms with van der Waals surface area (Å²) in [5.74, 6) is -2.43. The number of nitrogens with one attached hydrogen (secondary N) is 4. The Morgan fingerprint density at radius 2 is 1.67 bits per heavy atom. The number of anilines is 2. The number of amides is 5. The molecular formula is C38H51N5O12. The van der Waals surface area contributed by atoms with E-state index in [-0.39, 0.29) is 67.9 Å². The minimum Gasteiger partial charge on any atom is -0.493 e. The minimum absolute atomic E-state index is 0.0234. The number of likely N-dealkylation sites (tertiary alicyclic amines) is 1. The molecule has 2 aromatic carbocycles. The highest BCUT2D eigenvalue weighted by Crippen LogP contribution is 2.35. The van der Waals surface area contributed by atoms with Crippen LogP contribution >= 0.6 is 0 Å². The molecule has 0 saturated carbocycles. The van der Waals surface area contributed by atoms with Crippen LogP contribution in [-0.2, 0) is 30.5 Å². The number of aliphatic hydroxyl groups is 1. The molecule has 55 heavy (non-hydrogen) atoms. The Balaban J connectivity index is 1.65. The van der Waals surface area contributed by atoms with Gasteiger partial charge in [0.05, 0.1) is 37.6 Å². The van der Waals surface area contributed by atoms with E-state index in [0.717, 1.165) is 12.8 Å². The predicted octanol–water partition coefficient (Wildman–Crippen LogP) is 4.05. The Bertz CT molecular complexity index is 1670. The van der Waals surface area contributed by atoms with Gasteiger partial charge < -0.3 is 50.0 Å². The van der Waals surface area contributed by atoms with Gasteiger partial charge in [-0.05, 0) is 62.3 Å². The van der Waals surface area contributed by atoms with Gasteiger partial charge in [0.15, 0.2) is 11.5 Å². The average molecular weight is 770 g/mol. The molecule has 1 fully saturated rings. The quantitative estimate of drug-likeness (QED) is 0.0878. The number of piperidine rings is 1. The van der Waals surface area contributed by atoms with Crippen molar-refractivity contribution in [3.05, 3.63) is 60.2 Å². The fourth-order valence-electron chi connectivity index (χ4n) is 5.57. The Hall–Kier alpha value is -5.84. The Kier molecular flexibility index (Phi) is 17.2. The SMILES string of the molecule is C=CCOC(=O)N[C@H](C(=O)N[C@@H](C)C(=O)Nc1ccc(COC(=O)Nc2cc(OCCCC(=O)O)c(OC)cc2C(=O)N2CCCC[C@H]2CO)cc1)C(C)C. The molecule has 0 aromatic heterocycles. The molecule has 0 aliphatic carbocycles. The van der Waals surface area contributed by atoms with E-state index < -0.39 is 54.0 Å². The predicted molar refractivity (Wildman–Crippen MR) is 201 cm³/mol. The molecule has 0 radical (unpaired) electrons. The standard InChI is InChI=1S/C38H51N5O12/c1-6-17-54-38(51)42-33(23(2)3)35(48)39-24(4)34(47)40-26-14-12-25(13-15-26)22-55-37(50)41-29-20-31(53-18-9-11-32(45)46)30(52-5)19-28(29)36(49)43-16-8-7-10-27(43)21-44/h6,12-15,19-20,23-24,27,33,44H,1,7-11,16-18,21-22H2,2-5H3,(H,39,48)(H,40,47)(H,41,50)(H,42,51)(H,45,46)/t24-,27-,33-/m0/s1. The van der Waals surface area contributed by atoms with Crippen LogP contribution in [0.2, 0.25) is 0 Å². The first kappa shape index (κ1) is 43.6. The van der Waals surface area contributed by atoms with Gasteiger partial charge in [0.1, 0.15) is 25.3 Å². The number of nitrogens with zero attached hydrogens (tertiary/aromatic N) is 1. The van der Waals surface area contributed by atoms with Gasteiger partial charge >= 0.3 is 18.2 Å². The van der Waals surface area contributed by atoms with Crippen LogP contribution in [-0.4, -0.2) is 103 Å². The first-order chi connectivity index (χ1) is 26.3. The van der Waals surface area contributed by atoms with Crippen molar-refractivity contribution < 1.29 is 57.9 Å². The van der Waals surface area contributed by atoms with E-state index in [4.69, 9.17) is 24.1 Å². The maximum atomic E-state index is 13.8. The zero-order chi connectivity index (χ0) is 40.5. The van der Waals surface area contributed by atoms with Gasteiger partial charge in [-0.15, -0.1) is 0 Å². The number of carboxylic acids is 1. The summed E-state index contributed by atoms with van der Waals surface area (Å²) in [6.45, 7) is 8.46. The number of aliphatic carboxylic acids is 1. The topological polar surface area (TPSA) is 231 Å². The van der Waals surface area contributed by atoms with Crippen LogP contribution in [0.15, 0.2) is 49.1 Å². The van der Waals surface area contributed by atoms with Crippen molar-refractivity contribution in [1.82, 2.24) is 15.5 Å². The minimum atomic E-state index is -0.979. The third-order valence-electron chi connectivity index (χ3n) is 8.56. The molecule has 17 nitrogen and oxygen atoms in total. The van der Waals surface area contributed by atoms with E-state index in [1.165, 1.54) is 32.2 Å². The Labute approximate surface area is 319 Å². The van der Waals surface area contributed by atoms with Gasteiger partial charge in [0, 0.05) is 24.7 Å². The highest BCUT2D eigenvalue weighted by molar-refractivity contribution is 6.04. The number of rotatable bonds is 19. The normalized spacial score (nSPS) is 14.8. The summed E-state index contributed by atoms with van der Waals surface area (Å²) in [5.41, 5.74) is 1.12. The molecular weight excluding hydrogens is 718 g/mol. The molecule has 0 bridgehead atoms. The van der Waals surface area contributed by atoms with Crippen LogP contribution in [0, 0.1) is 5.92 Å². The van der Waals surface area contributed by atoms with Gasteiger partial charge in [0.2, 0.25) is 11.8 Å². The van der Waals surface area contributed by atoms with E-state index in [0.29, 0.717) is 24.2 Å². The molecule has 2 aromatic rings. The van der Waals surface area contributed by atoms with Crippen molar-refractivity contribution in [3.63, 3.8) is 0 Å². The van der Waals surface area contributed by atoms with E-state index in [1.807, 2.05) is 0 Å². The van der Waals surface area contributed by atoms with Crippen LogP contribution in [0.25, 0.3) is 0 Å². The molecule has 1 saturated heterocycles. The Morgan fingerprint density at radius 1 is 0.945 bits per heavy atom. The molecule has 3 atom stereocenters. The number of hydrogen-bond donors (Lipinski definition) is 6. The molecule has 0 spiro atoms. The van der Waals surface area contributed by atoms with Crippen molar-refractivity contribution in [2.45, 2.75) is 77.6 Å². The lowest BCUT2D eigenvalue weighted by Gasteiger charge is -2.35. The second-order valence-electron chi connectivity index (χ2n) is 13.1. The molecule has 300 valence electrons. The molecule has 6 N–H and O–H groups in total. The largest absolute Gasteiger partial charge is 0.493 e. The molecule has 3 rings (SSSR count). The number of benzene rings is 2. The summed E-state index contributed by atoms with van der Waals surface area (Å²) in [5, 5.41) is 29.3. The number of carbonyl (C=O) groups is 6. The number of hydrogen-bond acceptors (Lipinski definition) is 11.